The summed E-state index contributed by atoms with van der Waals surface area (Å²) in [5, 5.41) is 0. The number of nitrogens with zero attached hydrogens (tertiary/aromatic N) is 2. The van der Waals surface area contributed by atoms with Gasteiger partial charge in [0, 0.05) is 24.2 Å². The van der Waals surface area contributed by atoms with Crippen molar-refractivity contribution in [1.82, 2.24) is 9.47 Å². The van der Waals surface area contributed by atoms with E-state index in [9.17, 15) is 9.59 Å². The van der Waals surface area contributed by atoms with Gasteiger partial charge in [-0.15, -0.1) is 0 Å². The maximum Gasteiger partial charge on any atom is 0.254 e. The first-order valence-electron chi connectivity index (χ1n) is 7.76. The van der Waals surface area contributed by atoms with Crippen molar-refractivity contribution in [3.63, 3.8) is 0 Å². The molecule has 0 atom stereocenters. The van der Waals surface area contributed by atoms with E-state index < -0.39 is 0 Å². The van der Waals surface area contributed by atoms with Crippen LogP contribution in [0.15, 0.2) is 16.9 Å². The van der Waals surface area contributed by atoms with E-state index in [1.807, 2.05) is 29.4 Å². The van der Waals surface area contributed by atoms with Crippen molar-refractivity contribution >= 4 is 5.91 Å². The summed E-state index contributed by atoms with van der Waals surface area (Å²) in [6.45, 7) is 5.21. The molecule has 1 aromatic rings. The third-order valence-electron chi connectivity index (χ3n) is 4.11. The van der Waals surface area contributed by atoms with Crippen LogP contribution in [0.4, 0.5) is 0 Å². The summed E-state index contributed by atoms with van der Waals surface area (Å²) < 4.78 is 7.67. The Balaban J connectivity index is 1.60. The number of carbonyl (C=O) groups excluding carboxylic acids is 1. The average molecular weight is 290 g/mol. The van der Waals surface area contributed by atoms with Crippen molar-refractivity contribution in [2.24, 2.45) is 0 Å². The fourth-order valence-corrected chi connectivity index (χ4v) is 2.83. The van der Waals surface area contributed by atoms with Crippen LogP contribution in [0, 0.1) is 6.92 Å². The van der Waals surface area contributed by atoms with Crippen LogP contribution < -0.4 is 10.3 Å². The minimum absolute atomic E-state index is 0.0152. The van der Waals surface area contributed by atoms with Crippen LogP contribution in [0.25, 0.3) is 0 Å². The molecule has 1 saturated heterocycles. The zero-order valence-corrected chi connectivity index (χ0v) is 12.7. The zero-order chi connectivity index (χ0) is 15.0. The Morgan fingerprint density at radius 1 is 1.33 bits per heavy atom. The van der Waals surface area contributed by atoms with Crippen LogP contribution in [0.3, 0.4) is 0 Å². The molecular formula is C16H22N2O3. The minimum Gasteiger partial charge on any atom is -0.486 e. The van der Waals surface area contributed by atoms with Gasteiger partial charge in [-0.25, -0.2) is 0 Å². The summed E-state index contributed by atoms with van der Waals surface area (Å²) in [7, 11) is 0. The maximum absolute atomic E-state index is 12.1. The topological polar surface area (TPSA) is 51.5 Å². The molecule has 2 heterocycles. The van der Waals surface area contributed by atoms with Gasteiger partial charge in [0.2, 0.25) is 5.91 Å². The van der Waals surface area contributed by atoms with Gasteiger partial charge in [0.1, 0.15) is 11.9 Å². The monoisotopic (exact) mass is 290 g/mol. The summed E-state index contributed by atoms with van der Waals surface area (Å²) in [6.07, 6.45) is 3.68. The number of hydrogen-bond donors (Lipinski definition) is 0. The number of rotatable bonds is 5. The molecule has 1 aromatic heterocycles. The molecule has 0 N–H and O–H groups in total. The molecule has 0 unspecified atom stereocenters. The summed E-state index contributed by atoms with van der Waals surface area (Å²) in [5.74, 6) is 0.819. The Bertz CT molecular complexity index is 598. The lowest BCUT2D eigenvalue weighted by atomic mass is 10.1. The van der Waals surface area contributed by atoms with Crippen LogP contribution in [0.2, 0.25) is 0 Å². The number of ether oxygens (including phenoxy) is 1. The van der Waals surface area contributed by atoms with Crippen LogP contribution in [-0.4, -0.2) is 34.6 Å². The Labute approximate surface area is 124 Å². The SMILES string of the molecule is CCCC(=O)N1CC(Oc2cc(C)n(C3CC3)c(=O)c2)C1. The second-order valence-corrected chi connectivity index (χ2v) is 6.06. The summed E-state index contributed by atoms with van der Waals surface area (Å²) in [5.41, 5.74) is 0.976. The smallest absolute Gasteiger partial charge is 0.254 e. The number of likely N-dealkylation sites (tertiary alicyclic amines) is 1. The van der Waals surface area contributed by atoms with E-state index in [4.69, 9.17) is 4.74 Å². The van der Waals surface area contributed by atoms with Crippen molar-refractivity contribution in [1.29, 1.82) is 0 Å². The number of pyridine rings is 1. The second kappa shape index (κ2) is 5.54. The highest BCUT2D eigenvalue weighted by Crippen LogP contribution is 2.35. The molecule has 1 aliphatic carbocycles. The van der Waals surface area contributed by atoms with Gasteiger partial charge in [-0.05, 0) is 32.3 Å². The second-order valence-electron chi connectivity index (χ2n) is 6.06. The highest BCUT2D eigenvalue weighted by molar-refractivity contribution is 5.77. The molecule has 1 aliphatic heterocycles. The molecular weight excluding hydrogens is 268 g/mol. The van der Waals surface area contributed by atoms with Crippen molar-refractivity contribution in [2.45, 2.75) is 51.7 Å². The Kier molecular flexibility index (Phi) is 3.74. The summed E-state index contributed by atoms with van der Waals surface area (Å²) >= 11 is 0. The van der Waals surface area contributed by atoms with E-state index in [1.165, 1.54) is 0 Å². The molecule has 5 nitrogen and oxygen atoms in total. The quantitative estimate of drug-likeness (QED) is 0.832. The predicted octanol–water partition coefficient (Wildman–Crippen LogP) is 1.88. The Hall–Kier alpha value is -1.78. The van der Waals surface area contributed by atoms with Crippen LogP contribution >= 0.6 is 0 Å². The highest BCUT2D eigenvalue weighted by Gasteiger charge is 2.32. The van der Waals surface area contributed by atoms with Gasteiger partial charge in [0.15, 0.2) is 0 Å². The van der Waals surface area contributed by atoms with Crippen LogP contribution in [0.1, 0.15) is 44.3 Å². The van der Waals surface area contributed by atoms with E-state index in [0.29, 0.717) is 31.3 Å². The number of amides is 1. The highest BCUT2D eigenvalue weighted by atomic mass is 16.5. The standard InChI is InChI=1S/C16H22N2O3/c1-3-4-15(19)17-9-14(10-17)21-13-7-11(2)18(12-5-6-12)16(20)8-13/h7-8,12,14H,3-6,9-10H2,1-2H3. The molecule has 1 saturated carbocycles. The molecule has 21 heavy (non-hydrogen) atoms. The molecule has 2 aliphatic rings. The molecule has 0 radical (unpaired) electrons. The normalized spacial score (nSPS) is 18.5. The number of carbonyl (C=O) groups is 1. The molecule has 2 fully saturated rings. The molecule has 0 aromatic carbocycles. The minimum atomic E-state index is 0.0152. The molecule has 0 spiro atoms. The summed E-state index contributed by atoms with van der Waals surface area (Å²) in [6, 6.07) is 3.88. The first kappa shape index (κ1) is 14.2. The predicted molar refractivity (Wildman–Crippen MR) is 79.6 cm³/mol. The fraction of sp³-hybridized carbons (Fsp3) is 0.625. The van der Waals surface area contributed by atoms with E-state index in [1.54, 1.807) is 6.07 Å². The van der Waals surface area contributed by atoms with Crippen molar-refractivity contribution in [3.8, 4) is 5.75 Å². The molecule has 5 heteroatoms. The lowest BCUT2D eigenvalue weighted by molar-refractivity contribution is -0.140. The fourth-order valence-electron chi connectivity index (χ4n) is 2.83. The lowest BCUT2D eigenvalue weighted by Crippen LogP contribution is -2.56. The van der Waals surface area contributed by atoms with Gasteiger partial charge < -0.3 is 14.2 Å². The largest absolute Gasteiger partial charge is 0.486 e. The van der Waals surface area contributed by atoms with E-state index in [-0.39, 0.29) is 17.6 Å². The number of aryl methyl sites for hydroxylation is 1. The Morgan fingerprint density at radius 3 is 2.62 bits per heavy atom. The van der Waals surface area contributed by atoms with E-state index in [2.05, 4.69) is 0 Å². The van der Waals surface area contributed by atoms with Gasteiger partial charge >= 0.3 is 0 Å². The molecule has 3 rings (SSSR count). The van der Waals surface area contributed by atoms with Crippen LogP contribution in [-0.2, 0) is 4.79 Å². The zero-order valence-electron chi connectivity index (χ0n) is 12.7. The van der Waals surface area contributed by atoms with Crippen molar-refractivity contribution < 1.29 is 9.53 Å². The van der Waals surface area contributed by atoms with Gasteiger partial charge in [0.25, 0.3) is 5.56 Å². The van der Waals surface area contributed by atoms with Gasteiger partial charge in [0.05, 0.1) is 13.1 Å². The first-order chi connectivity index (χ1) is 10.1. The number of aromatic nitrogens is 1. The lowest BCUT2D eigenvalue weighted by Gasteiger charge is -2.39. The van der Waals surface area contributed by atoms with E-state index in [0.717, 1.165) is 25.0 Å². The van der Waals surface area contributed by atoms with Gasteiger partial charge in [-0.2, -0.15) is 0 Å². The van der Waals surface area contributed by atoms with Crippen molar-refractivity contribution in [3.05, 3.63) is 28.2 Å². The van der Waals surface area contributed by atoms with Crippen LogP contribution in [0.5, 0.6) is 5.75 Å². The van der Waals surface area contributed by atoms with Gasteiger partial charge in [-0.1, -0.05) is 6.92 Å². The Morgan fingerprint density at radius 2 is 2.05 bits per heavy atom. The molecule has 114 valence electrons. The third kappa shape index (κ3) is 2.96. The first-order valence-corrected chi connectivity index (χ1v) is 7.76. The molecule has 1 amide bonds. The summed E-state index contributed by atoms with van der Waals surface area (Å²) in [4.78, 5) is 25.6. The molecule has 0 bridgehead atoms. The third-order valence-corrected chi connectivity index (χ3v) is 4.11. The van der Waals surface area contributed by atoms with E-state index >= 15 is 0 Å². The average Bonchev–Trinajstić information content (AvgIpc) is 3.17. The maximum atomic E-state index is 12.1. The van der Waals surface area contributed by atoms with Crippen molar-refractivity contribution in [2.75, 3.05) is 13.1 Å². The number of hydrogen-bond acceptors (Lipinski definition) is 3. The van der Waals surface area contributed by atoms with Gasteiger partial charge in [-0.3, -0.25) is 9.59 Å².